The summed E-state index contributed by atoms with van der Waals surface area (Å²) in [5, 5.41) is 5.92. The van der Waals surface area contributed by atoms with Crippen LogP contribution in [0.25, 0.3) is 92.0 Å². The fourth-order valence-electron chi connectivity index (χ4n) is 8.72. The summed E-state index contributed by atoms with van der Waals surface area (Å²) >= 11 is 5.65. The Labute approximate surface area is 373 Å². The largest absolute Gasteiger partial charge is 0.311 e. The van der Waals surface area contributed by atoms with Gasteiger partial charge in [-0.3, -0.25) is 0 Å². The second-order valence-electron chi connectivity index (χ2n) is 15.3. The van der Waals surface area contributed by atoms with Gasteiger partial charge in [0, 0.05) is 55.6 Å². The van der Waals surface area contributed by atoms with Crippen molar-refractivity contribution in [3.8, 4) is 50.2 Å². The summed E-state index contributed by atoms with van der Waals surface area (Å²) in [4.78, 5) is 2.36. The van der Waals surface area contributed by atoms with Gasteiger partial charge in [-0.25, -0.2) is 0 Å². The quantitative estimate of drug-likeness (QED) is 0.133. The van der Waals surface area contributed by atoms with E-state index in [-0.39, 0.29) is 0 Å². The molecule has 0 N–H and O–H groups in total. The maximum absolute atomic E-state index is 4.23. The molecule has 0 aliphatic rings. The number of hydrogen-bond donors (Lipinski definition) is 0. The van der Waals surface area contributed by atoms with Crippen LogP contribution >= 0.6 is 34.0 Å². The first kappa shape index (κ1) is 37.9. The number of allylic oxidation sites excluding steroid dienone is 1. The first-order valence-electron chi connectivity index (χ1n) is 20.8. The highest BCUT2D eigenvalue weighted by Crippen LogP contribution is 2.51. The van der Waals surface area contributed by atoms with Gasteiger partial charge in [0.25, 0.3) is 0 Å². The van der Waals surface area contributed by atoms with Gasteiger partial charge in [0.1, 0.15) is 0 Å². The van der Waals surface area contributed by atoms with Crippen molar-refractivity contribution in [2.75, 3.05) is 4.90 Å². The van der Waals surface area contributed by atoms with Gasteiger partial charge < -0.3 is 9.47 Å². The van der Waals surface area contributed by atoms with E-state index < -0.39 is 0 Å². The molecule has 0 unspecified atom stereocenters. The Hall–Kier alpha value is -7.02. The van der Waals surface area contributed by atoms with E-state index in [1.54, 1.807) is 0 Å². The monoisotopic (exact) mass is 848 g/mol. The number of thiophene rings is 3. The van der Waals surface area contributed by atoms with Gasteiger partial charge in [-0.05, 0) is 107 Å². The van der Waals surface area contributed by atoms with Crippen LogP contribution in [0.15, 0.2) is 205 Å². The molecule has 5 heteroatoms. The van der Waals surface area contributed by atoms with Gasteiger partial charge in [-0.2, -0.15) is 0 Å². The number of nitrogens with zero attached hydrogens (tertiary/aromatic N) is 2. The van der Waals surface area contributed by atoms with Crippen molar-refractivity contribution in [1.82, 2.24) is 4.57 Å². The summed E-state index contributed by atoms with van der Waals surface area (Å²) in [6, 6.07) is 65.6. The van der Waals surface area contributed by atoms with Gasteiger partial charge in [0.15, 0.2) is 0 Å². The van der Waals surface area contributed by atoms with Crippen LogP contribution in [0.2, 0.25) is 0 Å². The minimum absolute atomic E-state index is 1.11. The highest BCUT2D eigenvalue weighted by Gasteiger charge is 2.21. The number of rotatable bonds is 10. The van der Waals surface area contributed by atoms with E-state index in [9.17, 15) is 0 Å². The molecule has 0 aliphatic heterocycles. The third kappa shape index (κ3) is 6.63. The molecule has 62 heavy (non-hydrogen) atoms. The van der Waals surface area contributed by atoms with Crippen molar-refractivity contribution in [2.24, 2.45) is 0 Å². The first-order valence-corrected chi connectivity index (χ1v) is 23.4. The Morgan fingerprint density at radius 2 is 0.935 bits per heavy atom. The van der Waals surface area contributed by atoms with E-state index >= 15 is 0 Å². The van der Waals surface area contributed by atoms with E-state index in [4.69, 9.17) is 0 Å². The van der Waals surface area contributed by atoms with Gasteiger partial charge in [0.2, 0.25) is 0 Å². The maximum atomic E-state index is 4.23. The second-order valence-corrected chi connectivity index (χ2v) is 18.1. The second kappa shape index (κ2) is 16.1. The van der Waals surface area contributed by atoms with Crippen LogP contribution in [0.3, 0.4) is 0 Å². The number of benzene rings is 7. The molecular weight excluding hydrogens is 809 g/mol. The molecule has 0 atom stereocenters. The molecule has 11 rings (SSSR count). The van der Waals surface area contributed by atoms with E-state index in [0.717, 1.165) is 28.4 Å². The van der Waals surface area contributed by atoms with Crippen molar-refractivity contribution >= 4 is 92.9 Å². The Morgan fingerprint density at radius 3 is 1.44 bits per heavy atom. The lowest BCUT2D eigenvalue weighted by Crippen LogP contribution is -2.09. The standard InChI is InChI=1S/C57H40N2S3/c1-3-14-48-49-35-43(27-34-53(49)59(52(48)4-2)44-19-12-7-13-20-44)51-37-61-57-55(51)62-54-50(36-60-56(54)57)42-25-32-47(33-26-42)58(45-28-21-40(22-29-45)38-15-8-5-9-16-38)46-30-23-41(24-31-46)39-17-10-6-11-18-39/h3-37H,2H2,1H3/b14-3-. The number of hydrogen-bond acceptors (Lipinski definition) is 4. The van der Waals surface area contributed by atoms with Gasteiger partial charge >= 0.3 is 0 Å². The minimum atomic E-state index is 1.11. The van der Waals surface area contributed by atoms with Crippen LogP contribution in [0.5, 0.6) is 0 Å². The van der Waals surface area contributed by atoms with Crippen molar-refractivity contribution in [3.63, 3.8) is 0 Å². The molecule has 0 radical (unpaired) electrons. The SMILES string of the molecule is C=Cc1c(/C=C\C)c2cc(-c3csc4c3sc3c(-c5ccc(N(c6ccc(-c7ccccc7)cc6)c6ccc(-c7ccccc7)cc6)cc5)csc34)ccc2n1-c1ccccc1. The van der Waals surface area contributed by atoms with Crippen molar-refractivity contribution < 1.29 is 0 Å². The molecule has 296 valence electrons. The fourth-order valence-corrected chi connectivity index (χ4v) is 12.8. The lowest BCUT2D eigenvalue weighted by Gasteiger charge is -2.26. The lowest BCUT2D eigenvalue weighted by atomic mass is 10.0. The van der Waals surface area contributed by atoms with Crippen LogP contribution in [0.4, 0.5) is 17.1 Å². The van der Waals surface area contributed by atoms with Crippen LogP contribution in [0, 0.1) is 0 Å². The van der Waals surface area contributed by atoms with Gasteiger partial charge in [0.05, 0.1) is 30.0 Å². The molecule has 0 amide bonds. The Bertz CT molecular complexity index is 3300. The average molecular weight is 849 g/mol. The van der Waals surface area contributed by atoms with E-state index in [1.807, 2.05) is 40.1 Å². The molecule has 4 aromatic heterocycles. The van der Waals surface area contributed by atoms with Gasteiger partial charge in [-0.1, -0.05) is 140 Å². The highest BCUT2D eigenvalue weighted by molar-refractivity contribution is 7.38. The Morgan fingerprint density at radius 1 is 0.484 bits per heavy atom. The first-order chi connectivity index (χ1) is 30.7. The topological polar surface area (TPSA) is 8.17 Å². The van der Waals surface area contributed by atoms with Crippen LogP contribution in [-0.4, -0.2) is 4.57 Å². The van der Waals surface area contributed by atoms with Crippen molar-refractivity contribution in [2.45, 2.75) is 6.92 Å². The summed E-state index contributed by atoms with van der Waals surface area (Å²) < 4.78 is 7.79. The molecule has 7 aromatic carbocycles. The number of aromatic nitrogens is 1. The average Bonchev–Trinajstić information content (AvgIpc) is 4.11. The minimum Gasteiger partial charge on any atom is -0.311 e. The molecular formula is C57H40N2S3. The third-order valence-corrected chi connectivity index (χ3v) is 15.3. The molecule has 0 saturated heterocycles. The fraction of sp³-hybridized carbons (Fsp3) is 0.0175. The zero-order chi connectivity index (χ0) is 41.6. The van der Waals surface area contributed by atoms with E-state index in [2.05, 4.69) is 228 Å². The number of anilines is 3. The van der Waals surface area contributed by atoms with Crippen LogP contribution < -0.4 is 4.90 Å². The predicted octanol–water partition coefficient (Wildman–Crippen LogP) is 17.9. The molecule has 0 aliphatic carbocycles. The molecule has 11 aromatic rings. The van der Waals surface area contributed by atoms with Crippen LogP contribution in [-0.2, 0) is 0 Å². The maximum Gasteiger partial charge on any atom is 0.0636 e. The molecule has 0 saturated carbocycles. The highest BCUT2D eigenvalue weighted by atomic mass is 32.1. The summed E-state index contributed by atoms with van der Waals surface area (Å²) in [5.74, 6) is 0. The molecule has 4 heterocycles. The zero-order valence-corrected chi connectivity index (χ0v) is 36.5. The Balaban J connectivity index is 0.956. The Kier molecular flexibility index (Phi) is 9.86. The third-order valence-electron chi connectivity index (χ3n) is 11.7. The van der Waals surface area contributed by atoms with Crippen molar-refractivity contribution in [1.29, 1.82) is 0 Å². The molecule has 0 bridgehead atoms. The molecule has 0 fully saturated rings. The molecule has 2 nitrogen and oxygen atoms in total. The van der Waals surface area contributed by atoms with Crippen LogP contribution in [0.1, 0.15) is 18.2 Å². The summed E-state index contributed by atoms with van der Waals surface area (Å²) in [7, 11) is 0. The summed E-state index contributed by atoms with van der Waals surface area (Å²) in [5.41, 5.74) is 17.8. The normalized spacial score (nSPS) is 11.6. The lowest BCUT2D eigenvalue weighted by molar-refractivity contribution is 1.11. The molecule has 0 spiro atoms. The summed E-state index contributed by atoms with van der Waals surface area (Å²) in [6.45, 7) is 6.32. The smallest absolute Gasteiger partial charge is 0.0636 e. The van der Waals surface area contributed by atoms with Gasteiger partial charge in [-0.15, -0.1) is 34.0 Å². The predicted molar refractivity (Wildman–Crippen MR) is 273 cm³/mol. The van der Waals surface area contributed by atoms with E-state index in [0.29, 0.717) is 0 Å². The number of para-hydroxylation sites is 1. The van der Waals surface area contributed by atoms with E-state index in [1.165, 1.54) is 79.8 Å². The number of fused-ring (bicyclic) bond motifs is 4. The zero-order valence-electron chi connectivity index (χ0n) is 34.0. The van der Waals surface area contributed by atoms with Crippen molar-refractivity contribution in [3.05, 3.63) is 217 Å². The summed E-state index contributed by atoms with van der Waals surface area (Å²) in [6.07, 6.45) is 6.32.